The van der Waals surface area contributed by atoms with Gasteiger partial charge >= 0.3 is 0 Å². The number of pyridine rings is 1. The van der Waals surface area contributed by atoms with Gasteiger partial charge in [-0.1, -0.05) is 20.8 Å². The van der Waals surface area contributed by atoms with E-state index in [0.29, 0.717) is 0 Å². The maximum atomic E-state index is 4.45. The second-order valence-corrected chi connectivity index (χ2v) is 4.84. The highest BCUT2D eigenvalue weighted by Crippen LogP contribution is 2.23. The molecule has 0 fully saturated rings. The highest BCUT2D eigenvalue weighted by Gasteiger charge is 2.16. The van der Waals surface area contributed by atoms with E-state index in [1.807, 2.05) is 12.5 Å². The van der Waals surface area contributed by atoms with Gasteiger partial charge in [0.1, 0.15) is 5.52 Å². The van der Waals surface area contributed by atoms with Gasteiger partial charge in [0.15, 0.2) is 0 Å². The Balaban J connectivity index is 2.63. The summed E-state index contributed by atoms with van der Waals surface area (Å²) in [6.45, 7) is 9.60. The van der Waals surface area contributed by atoms with E-state index in [0.717, 1.165) is 17.8 Å². The Hall–Kier alpha value is -1.38. The van der Waals surface area contributed by atoms with Crippen molar-refractivity contribution in [3.8, 4) is 0 Å². The van der Waals surface area contributed by atoms with Crippen LogP contribution in [0.2, 0.25) is 0 Å². The van der Waals surface area contributed by atoms with Crippen molar-refractivity contribution in [3.05, 3.63) is 24.3 Å². The zero-order chi connectivity index (χ0) is 11.1. The van der Waals surface area contributed by atoms with Crippen molar-refractivity contribution in [2.75, 3.05) is 0 Å². The number of hydrogen-bond acceptors (Lipinski definition) is 2. The molecule has 0 aromatic carbocycles. The first-order valence-corrected chi connectivity index (χ1v) is 5.33. The molecule has 3 nitrogen and oxygen atoms in total. The van der Waals surface area contributed by atoms with Crippen LogP contribution in [0, 0.1) is 0 Å². The van der Waals surface area contributed by atoms with Crippen molar-refractivity contribution >= 4 is 11.0 Å². The summed E-state index contributed by atoms with van der Waals surface area (Å²) < 4.78 is 2.15. The molecule has 0 saturated heterocycles. The number of imidazole rings is 1. The highest BCUT2D eigenvalue weighted by molar-refractivity contribution is 5.74. The molecule has 0 saturated carbocycles. The summed E-state index contributed by atoms with van der Waals surface area (Å²) in [5, 5.41) is 0. The lowest BCUT2D eigenvalue weighted by atomic mass is 9.91. The Labute approximate surface area is 90.2 Å². The van der Waals surface area contributed by atoms with Gasteiger partial charge in [-0.15, -0.1) is 0 Å². The molecular formula is C12H17N3. The summed E-state index contributed by atoms with van der Waals surface area (Å²) in [7, 11) is 0. The van der Waals surface area contributed by atoms with Crippen LogP contribution in [0.25, 0.3) is 11.0 Å². The third-order valence-corrected chi connectivity index (χ3v) is 2.62. The van der Waals surface area contributed by atoms with Crippen molar-refractivity contribution in [2.45, 2.75) is 39.7 Å². The van der Waals surface area contributed by atoms with Crippen molar-refractivity contribution in [1.82, 2.24) is 14.5 Å². The highest BCUT2D eigenvalue weighted by atomic mass is 15.0. The van der Waals surface area contributed by atoms with Crippen LogP contribution < -0.4 is 0 Å². The molecule has 0 aliphatic carbocycles. The van der Waals surface area contributed by atoms with Gasteiger partial charge in [0, 0.05) is 17.7 Å². The Morgan fingerprint density at radius 1 is 1.27 bits per heavy atom. The van der Waals surface area contributed by atoms with Crippen LogP contribution in [-0.4, -0.2) is 14.5 Å². The molecule has 0 N–H and O–H groups in total. The van der Waals surface area contributed by atoms with Crippen LogP contribution in [0.3, 0.4) is 0 Å². The normalized spacial score (nSPS) is 12.3. The van der Waals surface area contributed by atoms with E-state index < -0.39 is 0 Å². The van der Waals surface area contributed by atoms with E-state index in [4.69, 9.17) is 0 Å². The number of nitrogens with zero attached hydrogens (tertiary/aromatic N) is 3. The summed E-state index contributed by atoms with van der Waals surface area (Å²) in [5.41, 5.74) is 3.37. The Morgan fingerprint density at radius 2 is 2.00 bits per heavy atom. The molecule has 2 aromatic rings. The van der Waals surface area contributed by atoms with Crippen LogP contribution >= 0.6 is 0 Å². The SMILES string of the molecule is CCn1cnc2cnc(C(C)(C)C)cc21. The second-order valence-electron chi connectivity index (χ2n) is 4.84. The monoisotopic (exact) mass is 203 g/mol. The van der Waals surface area contributed by atoms with Crippen molar-refractivity contribution in [2.24, 2.45) is 0 Å². The molecule has 2 rings (SSSR count). The van der Waals surface area contributed by atoms with Gasteiger partial charge in [-0.05, 0) is 13.0 Å². The fourth-order valence-electron chi connectivity index (χ4n) is 1.62. The van der Waals surface area contributed by atoms with Gasteiger partial charge in [-0.3, -0.25) is 4.98 Å². The number of rotatable bonds is 1. The quantitative estimate of drug-likeness (QED) is 0.713. The smallest absolute Gasteiger partial charge is 0.107 e. The van der Waals surface area contributed by atoms with Crippen LogP contribution in [0.4, 0.5) is 0 Å². The first-order chi connectivity index (χ1) is 7.02. The van der Waals surface area contributed by atoms with Crippen LogP contribution in [0.15, 0.2) is 18.6 Å². The summed E-state index contributed by atoms with van der Waals surface area (Å²) in [5.74, 6) is 0. The van der Waals surface area contributed by atoms with Gasteiger partial charge in [-0.2, -0.15) is 0 Å². The topological polar surface area (TPSA) is 30.7 Å². The minimum absolute atomic E-state index is 0.0943. The van der Waals surface area contributed by atoms with E-state index in [-0.39, 0.29) is 5.41 Å². The van der Waals surface area contributed by atoms with Gasteiger partial charge in [-0.25, -0.2) is 4.98 Å². The molecule has 0 aliphatic heterocycles. The summed E-state index contributed by atoms with van der Waals surface area (Å²) in [6, 6.07) is 2.14. The third-order valence-electron chi connectivity index (χ3n) is 2.62. The predicted molar refractivity (Wildman–Crippen MR) is 61.9 cm³/mol. The lowest BCUT2D eigenvalue weighted by Gasteiger charge is -2.17. The Kier molecular flexibility index (Phi) is 2.25. The molecule has 3 heteroatoms. The average molecular weight is 203 g/mol. The molecule has 0 aliphatic rings. The molecule has 2 aromatic heterocycles. The zero-order valence-corrected chi connectivity index (χ0v) is 9.78. The summed E-state index contributed by atoms with van der Waals surface area (Å²) in [4.78, 5) is 8.76. The van der Waals surface area contributed by atoms with E-state index >= 15 is 0 Å². The van der Waals surface area contributed by atoms with Crippen molar-refractivity contribution < 1.29 is 0 Å². The molecular weight excluding hydrogens is 186 g/mol. The minimum Gasteiger partial charge on any atom is -0.331 e. The number of fused-ring (bicyclic) bond motifs is 1. The van der Waals surface area contributed by atoms with E-state index in [2.05, 4.69) is 48.3 Å². The molecule has 0 spiro atoms. The lowest BCUT2D eigenvalue weighted by Crippen LogP contribution is -2.13. The first-order valence-electron chi connectivity index (χ1n) is 5.33. The largest absolute Gasteiger partial charge is 0.331 e. The van der Waals surface area contributed by atoms with Crippen molar-refractivity contribution in [1.29, 1.82) is 0 Å². The number of hydrogen-bond donors (Lipinski definition) is 0. The molecule has 0 atom stereocenters. The van der Waals surface area contributed by atoms with Gasteiger partial charge < -0.3 is 4.57 Å². The molecule has 0 bridgehead atoms. The van der Waals surface area contributed by atoms with E-state index in [9.17, 15) is 0 Å². The number of aromatic nitrogens is 3. The first kappa shape index (κ1) is 10.1. The fourth-order valence-corrected chi connectivity index (χ4v) is 1.62. The molecule has 0 radical (unpaired) electrons. The Bertz CT molecular complexity index is 477. The van der Waals surface area contributed by atoms with Gasteiger partial charge in [0.2, 0.25) is 0 Å². The van der Waals surface area contributed by atoms with Gasteiger partial charge in [0.05, 0.1) is 18.0 Å². The van der Waals surface area contributed by atoms with Crippen LogP contribution in [0.5, 0.6) is 0 Å². The van der Waals surface area contributed by atoms with Crippen molar-refractivity contribution in [3.63, 3.8) is 0 Å². The van der Waals surface area contributed by atoms with Crippen LogP contribution in [-0.2, 0) is 12.0 Å². The summed E-state index contributed by atoms with van der Waals surface area (Å²) >= 11 is 0. The maximum Gasteiger partial charge on any atom is 0.107 e. The third kappa shape index (κ3) is 1.74. The van der Waals surface area contributed by atoms with E-state index in [1.54, 1.807) is 0 Å². The molecule has 0 amide bonds. The second kappa shape index (κ2) is 3.33. The molecule has 2 heterocycles. The molecule has 15 heavy (non-hydrogen) atoms. The molecule has 80 valence electrons. The minimum atomic E-state index is 0.0943. The predicted octanol–water partition coefficient (Wildman–Crippen LogP) is 2.75. The van der Waals surface area contributed by atoms with E-state index in [1.165, 1.54) is 5.52 Å². The van der Waals surface area contributed by atoms with Gasteiger partial charge in [0.25, 0.3) is 0 Å². The average Bonchev–Trinajstić information content (AvgIpc) is 2.57. The van der Waals surface area contributed by atoms with Crippen LogP contribution in [0.1, 0.15) is 33.4 Å². The standard InChI is InChI=1S/C12H17N3/c1-5-15-8-14-9-7-13-11(6-10(9)15)12(2,3)4/h6-8H,5H2,1-4H3. The fraction of sp³-hybridized carbons (Fsp3) is 0.500. The maximum absolute atomic E-state index is 4.45. The Morgan fingerprint density at radius 3 is 2.60 bits per heavy atom. The number of aryl methyl sites for hydroxylation is 1. The summed E-state index contributed by atoms with van der Waals surface area (Å²) in [6.07, 6.45) is 3.74. The zero-order valence-electron chi connectivity index (χ0n) is 9.78. The lowest BCUT2D eigenvalue weighted by molar-refractivity contribution is 0.569. The molecule has 0 unspecified atom stereocenters.